The molecule has 1 heterocycles. The molecule has 30 heavy (non-hydrogen) atoms. The molecule has 1 amide bonds. The minimum absolute atomic E-state index is 0.0780. The fraction of sp³-hybridized carbons (Fsp3) is 0.364. The number of para-hydroxylation sites is 1. The van der Waals surface area contributed by atoms with E-state index >= 15 is 0 Å². The van der Waals surface area contributed by atoms with Crippen molar-refractivity contribution in [3.63, 3.8) is 0 Å². The molecule has 3 rings (SSSR count). The van der Waals surface area contributed by atoms with Gasteiger partial charge in [-0.3, -0.25) is 19.8 Å². The second-order valence-corrected chi connectivity index (χ2v) is 8.16. The molecule has 0 aliphatic carbocycles. The molecule has 3 aromatic rings. The van der Waals surface area contributed by atoms with Gasteiger partial charge in [0.1, 0.15) is 5.56 Å². The van der Waals surface area contributed by atoms with Gasteiger partial charge in [0.2, 0.25) is 0 Å². The summed E-state index contributed by atoms with van der Waals surface area (Å²) < 4.78 is 1.03. The summed E-state index contributed by atoms with van der Waals surface area (Å²) in [6.45, 7) is 11.0. The lowest BCUT2D eigenvalue weighted by molar-refractivity contribution is -0.385. The van der Waals surface area contributed by atoms with E-state index in [1.807, 2.05) is 19.9 Å². The summed E-state index contributed by atoms with van der Waals surface area (Å²) in [7, 11) is 0. The van der Waals surface area contributed by atoms with Gasteiger partial charge in [0.05, 0.1) is 15.1 Å². The first-order valence-corrected chi connectivity index (χ1v) is 10.8. The first kappa shape index (κ1) is 21.9. The Balaban J connectivity index is 2.06. The summed E-state index contributed by atoms with van der Waals surface area (Å²) in [6.07, 6.45) is 0. The zero-order valence-corrected chi connectivity index (χ0v) is 18.5. The molecule has 0 aliphatic rings. The van der Waals surface area contributed by atoms with Crippen molar-refractivity contribution in [2.45, 2.75) is 27.7 Å². The second kappa shape index (κ2) is 9.32. The predicted molar refractivity (Wildman–Crippen MR) is 122 cm³/mol. The van der Waals surface area contributed by atoms with Gasteiger partial charge in [0.15, 0.2) is 5.13 Å². The van der Waals surface area contributed by atoms with Crippen molar-refractivity contribution in [1.29, 1.82) is 0 Å². The van der Waals surface area contributed by atoms with Gasteiger partial charge < -0.3 is 4.90 Å². The van der Waals surface area contributed by atoms with Crippen LogP contribution in [0.4, 0.5) is 10.8 Å². The molecule has 1 aromatic heterocycles. The van der Waals surface area contributed by atoms with Crippen LogP contribution >= 0.6 is 11.3 Å². The van der Waals surface area contributed by atoms with Crippen molar-refractivity contribution in [2.75, 3.05) is 31.1 Å². The van der Waals surface area contributed by atoms with Crippen molar-refractivity contribution >= 4 is 38.3 Å². The van der Waals surface area contributed by atoms with E-state index in [1.54, 1.807) is 17.0 Å². The molecular formula is C22H26N4O3S. The highest BCUT2D eigenvalue weighted by molar-refractivity contribution is 7.22. The number of hydrogen-bond acceptors (Lipinski definition) is 6. The summed E-state index contributed by atoms with van der Waals surface area (Å²) in [6, 6.07) is 10.2. The van der Waals surface area contributed by atoms with Gasteiger partial charge in [-0.2, -0.15) is 0 Å². The second-order valence-electron chi connectivity index (χ2n) is 7.18. The first-order chi connectivity index (χ1) is 14.3. The fourth-order valence-corrected chi connectivity index (χ4v) is 4.54. The normalized spacial score (nSPS) is 11.2. The van der Waals surface area contributed by atoms with Crippen LogP contribution in [-0.4, -0.2) is 46.9 Å². The third-order valence-corrected chi connectivity index (χ3v) is 6.38. The van der Waals surface area contributed by atoms with Crippen LogP contribution in [0.15, 0.2) is 36.4 Å². The number of amides is 1. The van der Waals surface area contributed by atoms with Gasteiger partial charge in [-0.1, -0.05) is 43.4 Å². The quantitative estimate of drug-likeness (QED) is 0.381. The summed E-state index contributed by atoms with van der Waals surface area (Å²) in [5.74, 6) is -0.400. The molecule has 0 fully saturated rings. The van der Waals surface area contributed by atoms with Crippen LogP contribution < -0.4 is 4.90 Å². The van der Waals surface area contributed by atoms with Crippen LogP contribution in [0.3, 0.4) is 0 Å². The number of carbonyl (C=O) groups excluding carboxylic acids is 1. The van der Waals surface area contributed by atoms with Crippen LogP contribution in [0.25, 0.3) is 10.2 Å². The molecule has 0 atom stereocenters. The number of aromatic nitrogens is 1. The molecule has 8 heteroatoms. The zero-order valence-electron chi connectivity index (χ0n) is 17.7. The SMILES string of the molecule is CCN(CC)CCN(C(=O)c1ccccc1[N+](=O)[O-])c1nc2cc(C)cc(C)c2s1. The van der Waals surface area contributed by atoms with E-state index in [2.05, 4.69) is 24.8 Å². The summed E-state index contributed by atoms with van der Waals surface area (Å²) in [4.78, 5) is 32.9. The summed E-state index contributed by atoms with van der Waals surface area (Å²) >= 11 is 1.45. The van der Waals surface area contributed by atoms with Crippen molar-refractivity contribution in [2.24, 2.45) is 0 Å². The van der Waals surface area contributed by atoms with Gasteiger partial charge in [-0.15, -0.1) is 0 Å². The highest BCUT2D eigenvalue weighted by Crippen LogP contribution is 2.33. The van der Waals surface area contributed by atoms with Gasteiger partial charge in [0.25, 0.3) is 11.6 Å². The molecule has 0 saturated heterocycles. The number of anilines is 1. The molecule has 2 aromatic carbocycles. The lowest BCUT2D eigenvalue weighted by Crippen LogP contribution is -2.39. The summed E-state index contributed by atoms with van der Waals surface area (Å²) in [5.41, 5.74) is 2.94. The van der Waals surface area contributed by atoms with Crippen LogP contribution in [-0.2, 0) is 0 Å². The average Bonchev–Trinajstić information content (AvgIpc) is 3.15. The number of fused-ring (bicyclic) bond motifs is 1. The van der Waals surface area contributed by atoms with E-state index in [0.29, 0.717) is 18.2 Å². The molecule has 7 nitrogen and oxygen atoms in total. The Bertz CT molecular complexity index is 1080. The van der Waals surface area contributed by atoms with Gasteiger partial charge in [-0.05, 0) is 50.2 Å². The Morgan fingerprint density at radius 2 is 1.83 bits per heavy atom. The van der Waals surface area contributed by atoms with Crippen molar-refractivity contribution < 1.29 is 9.72 Å². The van der Waals surface area contributed by atoms with Crippen molar-refractivity contribution in [3.05, 3.63) is 63.2 Å². The Kier molecular flexibility index (Phi) is 6.79. The highest BCUT2D eigenvalue weighted by atomic mass is 32.1. The monoisotopic (exact) mass is 426 g/mol. The first-order valence-electron chi connectivity index (χ1n) is 10.0. The van der Waals surface area contributed by atoms with Crippen molar-refractivity contribution in [1.82, 2.24) is 9.88 Å². The van der Waals surface area contributed by atoms with Crippen LogP contribution in [0.2, 0.25) is 0 Å². The lowest BCUT2D eigenvalue weighted by atomic mass is 10.1. The number of rotatable bonds is 8. The van der Waals surface area contributed by atoms with E-state index in [4.69, 9.17) is 4.98 Å². The van der Waals surface area contributed by atoms with Crippen LogP contribution in [0, 0.1) is 24.0 Å². The van der Waals surface area contributed by atoms with E-state index in [-0.39, 0.29) is 11.3 Å². The Hall–Kier alpha value is -2.84. The zero-order chi connectivity index (χ0) is 21.8. The van der Waals surface area contributed by atoms with Crippen LogP contribution in [0.1, 0.15) is 35.3 Å². The number of benzene rings is 2. The molecular weight excluding hydrogens is 400 g/mol. The average molecular weight is 427 g/mol. The number of nitro groups is 1. The third-order valence-electron chi connectivity index (χ3n) is 5.15. The standard InChI is InChI=1S/C22H26N4O3S/c1-5-24(6-2)11-12-25(21(27)17-9-7-8-10-19(17)26(28)29)22-23-18-14-15(3)13-16(4)20(18)30-22/h7-10,13-14H,5-6,11-12H2,1-4H3. The maximum atomic E-state index is 13.5. The molecule has 158 valence electrons. The van der Waals surface area contributed by atoms with Crippen molar-refractivity contribution in [3.8, 4) is 0 Å². The Morgan fingerprint density at radius 1 is 1.13 bits per heavy atom. The lowest BCUT2D eigenvalue weighted by Gasteiger charge is -2.24. The minimum atomic E-state index is -0.512. The molecule has 0 unspecified atom stereocenters. The number of hydrogen-bond donors (Lipinski definition) is 0. The maximum absolute atomic E-state index is 13.5. The largest absolute Gasteiger partial charge is 0.302 e. The molecule has 0 N–H and O–H groups in total. The smallest absolute Gasteiger partial charge is 0.282 e. The predicted octanol–water partition coefficient (Wildman–Crippen LogP) is 4.81. The number of likely N-dealkylation sites (N-methyl/N-ethyl adjacent to an activating group) is 1. The topological polar surface area (TPSA) is 79.6 Å². The van der Waals surface area contributed by atoms with Gasteiger partial charge >= 0.3 is 0 Å². The van der Waals surface area contributed by atoms with Gasteiger partial charge in [-0.25, -0.2) is 4.98 Å². The molecule has 0 aliphatic heterocycles. The third kappa shape index (κ3) is 4.49. The van der Waals surface area contributed by atoms with Gasteiger partial charge in [0, 0.05) is 19.2 Å². The number of aryl methyl sites for hydroxylation is 2. The van der Waals surface area contributed by atoms with E-state index in [0.717, 1.165) is 34.4 Å². The summed E-state index contributed by atoms with van der Waals surface area (Å²) in [5, 5.41) is 12.0. The maximum Gasteiger partial charge on any atom is 0.282 e. The van der Waals surface area contributed by atoms with E-state index in [1.165, 1.54) is 23.5 Å². The van der Waals surface area contributed by atoms with E-state index in [9.17, 15) is 14.9 Å². The molecule has 0 spiro atoms. The minimum Gasteiger partial charge on any atom is -0.302 e. The Morgan fingerprint density at radius 3 is 2.50 bits per heavy atom. The number of carbonyl (C=O) groups is 1. The highest BCUT2D eigenvalue weighted by Gasteiger charge is 2.27. The number of nitrogens with zero attached hydrogens (tertiary/aromatic N) is 4. The fourth-order valence-electron chi connectivity index (χ4n) is 3.50. The molecule has 0 radical (unpaired) electrons. The number of nitro benzene ring substituents is 1. The molecule has 0 bridgehead atoms. The van der Waals surface area contributed by atoms with E-state index < -0.39 is 10.8 Å². The number of thiazole rings is 1. The Labute approximate surface area is 180 Å². The van der Waals surface area contributed by atoms with Crippen LogP contribution in [0.5, 0.6) is 0 Å². The molecule has 0 saturated carbocycles.